The number of rotatable bonds is 8. The van der Waals surface area contributed by atoms with Gasteiger partial charge in [0.2, 0.25) is 5.91 Å². The molecule has 0 aromatic carbocycles. The monoisotopic (exact) mass is 526 g/mol. The Kier molecular flexibility index (Phi) is 9.50. The molecular formula is C26H38N8O4. The second-order valence-corrected chi connectivity index (χ2v) is 10.6. The quantitative estimate of drug-likeness (QED) is 0.500. The summed E-state index contributed by atoms with van der Waals surface area (Å²) >= 11 is 0. The van der Waals surface area contributed by atoms with Gasteiger partial charge in [-0.05, 0) is 52.0 Å². The molecule has 2 aromatic rings. The zero-order valence-corrected chi connectivity index (χ0v) is 22.9. The van der Waals surface area contributed by atoms with E-state index >= 15 is 0 Å². The molecule has 0 radical (unpaired) electrons. The van der Waals surface area contributed by atoms with Gasteiger partial charge in [0.1, 0.15) is 24.2 Å². The predicted octanol–water partition coefficient (Wildman–Crippen LogP) is 2.88. The Morgan fingerprint density at radius 2 is 1.92 bits per heavy atom. The molecule has 0 saturated carbocycles. The second-order valence-electron chi connectivity index (χ2n) is 10.6. The van der Waals surface area contributed by atoms with Crippen LogP contribution in [0.25, 0.3) is 11.0 Å². The molecule has 38 heavy (non-hydrogen) atoms. The number of hydrogen-bond donors (Lipinski definition) is 2. The molecule has 3 amide bonds. The fourth-order valence-electron chi connectivity index (χ4n) is 4.53. The van der Waals surface area contributed by atoms with Crippen LogP contribution in [0.15, 0.2) is 18.6 Å². The average molecular weight is 527 g/mol. The summed E-state index contributed by atoms with van der Waals surface area (Å²) < 4.78 is 6.66. The highest BCUT2D eigenvalue weighted by molar-refractivity contribution is 5.94. The molecule has 0 bridgehead atoms. The number of amides is 3. The van der Waals surface area contributed by atoms with E-state index in [9.17, 15) is 14.4 Å². The zero-order chi connectivity index (χ0) is 27.9. The number of nitriles is 1. The maximum atomic E-state index is 12.8. The number of nitrogens with one attached hydrogen (secondary N) is 2. The average Bonchev–Trinajstić information content (AvgIpc) is 3.29. The molecule has 2 N–H and O–H groups in total. The molecule has 2 aromatic heterocycles. The number of nitrogens with zero attached hydrogens (tertiary/aromatic N) is 6. The fraction of sp³-hybridized carbons (Fsp3) is 0.615. The van der Waals surface area contributed by atoms with Crippen LogP contribution in [0.4, 0.5) is 15.4 Å². The number of ether oxygens (including phenoxy) is 1. The summed E-state index contributed by atoms with van der Waals surface area (Å²) in [6.07, 6.45) is 4.73. The molecule has 12 nitrogen and oxygen atoms in total. The number of fused-ring (bicyclic) bond motifs is 1. The molecule has 12 heteroatoms. The summed E-state index contributed by atoms with van der Waals surface area (Å²) in [5.41, 5.74) is -0.0474. The van der Waals surface area contributed by atoms with Crippen molar-refractivity contribution in [2.75, 3.05) is 38.1 Å². The summed E-state index contributed by atoms with van der Waals surface area (Å²) in [4.78, 5) is 49.5. The van der Waals surface area contributed by atoms with Crippen LogP contribution in [0.5, 0.6) is 0 Å². The Bertz CT molecular complexity index is 1180. The SMILES string of the molecule is C[C@@H]1CCN(C(=O)CC#N)CC1N(C)c1ncnc2c1ccn2C(=O)NCCCCNC(=O)OC(C)(C)C. The van der Waals surface area contributed by atoms with E-state index < -0.39 is 11.7 Å². The van der Waals surface area contributed by atoms with Gasteiger partial charge in [-0.1, -0.05) is 6.92 Å². The molecule has 1 aliphatic heterocycles. The summed E-state index contributed by atoms with van der Waals surface area (Å²) in [7, 11) is 1.93. The van der Waals surface area contributed by atoms with Crippen LogP contribution in [0.1, 0.15) is 53.4 Å². The third-order valence-electron chi connectivity index (χ3n) is 6.56. The van der Waals surface area contributed by atoms with Crippen LogP contribution >= 0.6 is 0 Å². The van der Waals surface area contributed by atoms with Crippen molar-refractivity contribution < 1.29 is 19.1 Å². The summed E-state index contributed by atoms with van der Waals surface area (Å²) in [5.74, 6) is 0.835. The largest absolute Gasteiger partial charge is 0.444 e. The highest BCUT2D eigenvalue weighted by atomic mass is 16.6. The third kappa shape index (κ3) is 7.34. The number of alkyl carbamates (subject to hydrolysis) is 1. The van der Waals surface area contributed by atoms with E-state index in [1.165, 1.54) is 10.9 Å². The maximum absolute atomic E-state index is 12.8. The van der Waals surface area contributed by atoms with E-state index in [1.807, 2.05) is 44.9 Å². The fourth-order valence-corrected chi connectivity index (χ4v) is 4.53. The van der Waals surface area contributed by atoms with Gasteiger partial charge in [0.15, 0.2) is 5.65 Å². The molecule has 1 unspecified atom stereocenters. The smallest absolute Gasteiger partial charge is 0.407 e. The van der Waals surface area contributed by atoms with Gasteiger partial charge in [0, 0.05) is 39.4 Å². The first kappa shape index (κ1) is 28.7. The highest BCUT2D eigenvalue weighted by Gasteiger charge is 2.33. The Labute approximate surface area is 223 Å². The van der Waals surface area contributed by atoms with Crippen molar-refractivity contribution in [2.24, 2.45) is 5.92 Å². The Morgan fingerprint density at radius 1 is 1.21 bits per heavy atom. The van der Waals surface area contributed by atoms with Crippen molar-refractivity contribution in [3.05, 3.63) is 18.6 Å². The number of likely N-dealkylation sites (N-methyl/N-ethyl adjacent to an activating group) is 1. The molecule has 1 aliphatic rings. The predicted molar refractivity (Wildman–Crippen MR) is 143 cm³/mol. The number of piperidine rings is 1. The van der Waals surface area contributed by atoms with Crippen LogP contribution in [0.2, 0.25) is 0 Å². The Morgan fingerprint density at radius 3 is 2.61 bits per heavy atom. The van der Waals surface area contributed by atoms with Gasteiger partial charge < -0.3 is 25.2 Å². The number of anilines is 1. The van der Waals surface area contributed by atoms with E-state index in [-0.39, 0.29) is 24.4 Å². The molecule has 3 rings (SSSR count). The van der Waals surface area contributed by atoms with E-state index in [2.05, 4.69) is 27.5 Å². The first-order chi connectivity index (χ1) is 18.0. The van der Waals surface area contributed by atoms with Crippen molar-refractivity contribution in [1.29, 1.82) is 5.26 Å². The van der Waals surface area contributed by atoms with Gasteiger partial charge in [-0.2, -0.15) is 5.26 Å². The molecule has 0 spiro atoms. The first-order valence-corrected chi connectivity index (χ1v) is 13.0. The first-order valence-electron chi connectivity index (χ1n) is 13.0. The van der Waals surface area contributed by atoms with Crippen LogP contribution in [0, 0.1) is 17.2 Å². The molecule has 3 heterocycles. The van der Waals surface area contributed by atoms with E-state index in [0.717, 1.165) is 11.8 Å². The summed E-state index contributed by atoms with van der Waals surface area (Å²) in [6, 6.07) is 3.47. The van der Waals surface area contributed by atoms with Crippen LogP contribution in [-0.2, 0) is 9.53 Å². The molecule has 0 aliphatic carbocycles. The number of carbonyl (C=O) groups is 3. The molecule has 2 atom stereocenters. The molecular weight excluding hydrogens is 488 g/mol. The van der Waals surface area contributed by atoms with Gasteiger partial charge in [0.05, 0.1) is 17.5 Å². The van der Waals surface area contributed by atoms with Gasteiger partial charge in [-0.3, -0.25) is 9.36 Å². The number of hydrogen-bond acceptors (Lipinski definition) is 8. The highest BCUT2D eigenvalue weighted by Crippen LogP contribution is 2.29. The lowest BCUT2D eigenvalue weighted by molar-refractivity contribution is -0.131. The minimum atomic E-state index is -0.540. The zero-order valence-electron chi connectivity index (χ0n) is 22.9. The van der Waals surface area contributed by atoms with Crippen molar-refractivity contribution in [2.45, 2.75) is 65.0 Å². The van der Waals surface area contributed by atoms with Crippen LogP contribution in [0.3, 0.4) is 0 Å². The van der Waals surface area contributed by atoms with Gasteiger partial charge in [-0.25, -0.2) is 19.6 Å². The van der Waals surface area contributed by atoms with Crippen LogP contribution in [-0.4, -0.2) is 82.3 Å². The minimum Gasteiger partial charge on any atom is -0.444 e. The van der Waals surface area contributed by atoms with E-state index in [0.29, 0.717) is 56.4 Å². The lowest BCUT2D eigenvalue weighted by atomic mass is 9.92. The van der Waals surface area contributed by atoms with Crippen LogP contribution < -0.4 is 15.5 Å². The van der Waals surface area contributed by atoms with Gasteiger partial charge in [-0.15, -0.1) is 0 Å². The molecule has 1 fully saturated rings. The van der Waals surface area contributed by atoms with Crippen molar-refractivity contribution in [1.82, 2.24) is 30.1 Å². The number of aromatic nitrogens is 3. The third-order valence-corrected chi connectivity index (χ3v) is 6.56. The van der Waals surface area contributed by atoms with Crippen molar-refractivity contribution in [3.8, 4) is 6.07 Å². The van der Waals surface area contributed by atoms with E-state index in [1.54, 1.807) is 11.1 Å². The lowest BCUT2D eigenvalue weighted by Crippen LogP contribution is -2.52. The molecule has 1 saturated heterocycles. The Balaban J connectivity index is 1.59. The number of carbonyl (C=O) groups excluding carboxylic acids is 3. The number of unbranched alkanes of at least 4 members (excludes halogenated alkanes) is 1. The van der Waals surface area contributed by atoms with Gasteiger partial charge >= 0.3 is 12.1 Å². The maximum Gasteiger partial charge on any atom is 0.407 e. The van der Waals surface area contributed by atoms with Crippen molar-refractivity contribution in [3.63, 3.8) is 0 Å². The second kappa shape index (κ2) is 12.6. The normalized spacial score (nSPS) is 17.5. The summed E-state index contributed by atoms with van der Waals surface area (Å²) in [6.45, 7) is 9.62. The van der Waals surface area contributed by atoms with Gasteiger partial charge in [0.25, 0.3) is 0 Å². The van der Waals surface area contributed by atoms with E-state index in [4.69, 9.17) is 10.00 Å². The topological polar surface area (TPSA) is 145 Å². The summed E-state index contributed by atoms with van der Waals surface area (Å²) in [5, 5.41) is 15.2. The molecule has 206 valence electrons. The Hall–Kier alpha value is -3.88. The minimum absolute atomic E-state index is 0.0101. The van der Waals surface area contributed by atoms with Crippen molar-refractivity contribution >= 4 is 34.9 Å². The lowest BCUT2D eigenvalue weighted by Gasteiger charge is -2.42. The number of likely N-dealkylation sites (tertiary alicyclic amines) is 1. The standard InChI is InChI=1S/C26H38N8O4/c1-18-9-14-33(21(35)8-11-27)16-20(18)32(5)22-19-10-15-34(23(19)31-17-30-22)24(36)28-12-6-7-13-29-25(37)38-26(2,3)4/h10,15,17-18,20H,6-9,12-14,16H2,1-5H3,(H,28,36)(H,29,37)/t18-,20?/m1/s1.